The molecule has 0 radical (unpaired) electrons. The quantitative estimate of drug-likeness (QED) is 0.653. The van der Waals surface area contributed by atoms with Crippen LogP contribution in [0.25, 0.3) is 0 Å². The molecule has 1 amide bonds. The molecule has 2 rings (SSSR count). The Labute approximate surface area is 136 Å². The summed E-state index contributed by atoms with van der Waals surface area (Å²) in [7, 11) is 5.25. The summed E-state index contributed by atoms with van der Waals surface area (Å²) in [5.74, 6) is 1.34. The third-order valence-corrected chi connectivity index (χ3v) is 3.37. The highest BCUT2D eigenvalue weighted by Gasteiger charge is 2.11. The second-order valence-electron chi connectivity index (χ2n) is 4.60. The molecule has 0 atom stereocenters. The van der Waals surface area contributed by atoms with Gasteiger partial charge >= 0.3 is 0 Å². The van der Waals surface area contributed by atoms with Crippen LogP contribution in [0.5, 0.6) is 5.75 Å². The number of benzene rings is 1. The van der Waals surface area contributed by atoms with Crippen molar-refractivity contribution in [2.24, 2.45) is 5.10 Å². The van der Waals surface area contributed by atoms with E-state index in [0.29, 0.717) is 23.0 Å². The third-order valence-electron chi connectivity index (χ3n) is 2.80. The first-order valence-electron chi connectivity index (χ1n) is 6.46. The van der Waals surface area contributed by atoms with E-state index < -0.39 is 0 Å². The fraction of sp³-hybridized carbons (Fsp3) is 0.200. The Kier molecular flexibility index (Phi) is 5.21. The third kappa shape index (κ3) is 3.67. The van der Waals surface area contributed by atoms with Crippen molar-refractivity contribution in [1.29, 1.82) is 0 Å². The summed E-state index contributed by atoms with van der Waals surface area (Å²) in [5.41, 5.74) is 2.86. The number of carbonyl (C=O) groups excluding carboxylic acids is 1. The minimum Gasteiger partial charge on any atom is -0.496 e. The monoisotopic (exact) mass is 365 g/mol. The van der Waals surface area contributed by atoms with E-state index in [4.69, 9.17) is 9.15 Å². The minimum atomic E-state index is -0.354. The standard InChI is InChI=1S/C15H16BrN3O3/c1-19(2)15-12(16)8-10(22-15)9-17-18-14(20)11-6-4-5-7-13(11)21-3/h4-9H,1-3H3,(H,18,20). The Hall–Kier alpha value is -2.28. The van der Waals surface area contributed by atoms with Crippen LogP contribution in [0.1, 0.15) is 16.1 Å². The number of nitrogens with zero attached hydrogens (tertiary/aromatic N) is 2. The number of ether oxygens (including phenoxy) is 1. The van der Waals surface area contributed by atoms with Gasteiger partial charge in [0.2, 0.25) is 5.88 Å². The smallest absolute Gasteiger partial charge is 0.275 e. The van der Waals surface area contributed by atoms with Crippen molar-refractivity contribution >= 4 is 33.9 Å². The van der Waals surface area contributed by atoms with Gasteiger partial charge in [-0.05, 0) is 28.1 Å². The molecule has 0 saturated carbocycles. The number of hydrazone groups is 1. The molecule has 7 heteroatoms. The SMILES string of the molecule is COc1ccccc1C(=O)NN=Cc1cc(Br)c(N(C)C)o1. The van der Waals surface area contributed by atoms with E-state index in [2.05, 4.69) is 26.5 Å². The van der Waals surface area contributed by atoms with E-state index in [0.717, 1.165) is 4.47 Å². The molecule has 0 bridgehead atoms. The number of methoxy groups -OCH3 is 1. The molecule has 0 fully saturated rings. The molecule has 1 heterocycles. The Morgan fingerprint density at radius 2 is 2.14 bits per heavy atom. The van der Waals surface area contributed by atoms with Gasteiger partial charge in [-0.15, -0.1) is 0 Å². The van der Waals surface area contributed by atoms with E-state index in [9.17, 15) is 4.79 Å². The highest BCUT2D eigenvalue weighted by molar-refractivity contribution is 9.10. The van der Waals surface area contributed by atoms with Crippen molar-refractivity contribution in [3.8, 4) is 5.75 Å². The number of para-hydroxylation sites is 1. The number of hydrogen-bond donors (Lipinski definition) is 1. The summed E-state index contributed by atoms with van der Waals surface area (Å²) in [5, 5.41) is 3.89. The Morgan fingerprint density at radius 1 is 1.41 bits per heavy atom. The fourth-order valence-electron chi connectivity index (χ4n) is 1.79. The van der Waals surface area contributed by atoms with Crippen LogP contribution in [0, 0.1) is 0 Å². The van der Waals surface area contributed by atoms with Crippen molar-refractivity contribution in [3.63, 3.8) is 0 Å². The molecular weight excluding hydrogens is 350 g/mol. The van der Waals surface area contributed by atoms with Crippen LogP contribution in [0.3, 0.4) is 0 Å². The van der Waals surface area contributed by atoms with Crippen LogP contribution in [-0.4, -0.2) is 33.3 Å². The van der Waals surface area contributed by atoms with Crippen LogP contribution >= 0.6 is 15.9 Å². The van der Waals surface area contributed by atoms with Gasteiger partial charge in [-0.2, -0.15) is 5.10 Å². The lowest BCUT2D eigenvalue weighted by atomic mass is 10.2. The Morgan fingerprint density at radius 3 is 2.77 bits per heavy atom. The highest BCUT2D eigenvalue weighted by Crippen LogP contribution is 2.27. The van der Waals surface area contributed by atoms with Gasteiger partial charge in [-0.25, -0.2) is 5.43 Å². The number of anilines is 1. The van der Waals surface area contributed by atoms with E-state index in [1.807, 2.05) is 19.0 Å². The van der Waals surface area contributed by atoms with Crippen molar-refractivity contribution in [3.05, 3.63) is 46.1 Å². The molecule has 1 aromatic carbocycles. The molecule has 116 valence electrons. The summed E-state index contributed by atoms with van der Waals surface area (Å²) in [6, 6.07) is 8.70. The number of furan rings is 1. The van der Waals surface area contributed by atoms with Crippen LogP contribution in [-0.2, 0) is 0 Å². The maximum absolute atomic E-state index is 12.0. The van der Waals surface area contributed by atoms with Crippen LogP contribution in [0.2, 0.25) is 0 Å². The van der Waals surface area contributed by atoms with Crippen LogP contribution < -0.4 is 15.1 Å². The van der Waals surface area contributed by atoms with Gasteiger partial charge in [0.05, 0.1) is 23.4 Å². The maximum Gasteiger partial charge on any atom is 0.275 e. The first-order chi connectivity index (χ1) is 10.5. The maximum atomic E-state index is 12.0. The van der Waals surface area contributed by atoms with E-state index >= 15 is 0 Å². The minimum absolute atomic E-state index is 0.354. The van der Waals surface area contributed by atoms with Crippen molar-refractivity contribution in [2.75, 3.05) is 26.1 Å². The summed E-state index contributed by atoms with van der Waals surface area (Å²) >= 11 is 3.39. The largest absolute Gasteiger partial charge is 0.496 e. The zero-order valence-electron chi connectivity index (χ0n) is 12.5. The van der Waals surface area contributed by atoms with Gasteiger partial charge in [0.25, 0.3) is 5.91 Å². The average molecular weight is 366 g/mol. The number of nitrogens with one attached hydrogen (secondary N) is 1. The lowest BCUT2D eigenvalue weighted by Gasteiger charge is -2.07. The van der Waals surface area contributed by atoms with Gasteiger partial charge < -0.3 is 14.1 Å². The molecular formula is C15H16BrN3O3. The number of hydrogen-bond acceptors (Lipinski definition) is 5. The van der Waals surface area contributed by atoms with E-state index in [1.54, 1.807) is 30.3 Å². The number of halogens is 1. The molecule has 2 aromatic rings. The number of carbonyl (C=O) groups is 1. The predicted molar refractivity (Wildman–Crippen MR) is 88.8 cm³/mol. The Balaban J connectivity index is 2.06. The normalized spacial score (nSPS) is 10.7. The first kappa shape index (κ1) is 16.1. The number of rotatable bonds is 5. The summed E-state index contributed by atoms with van der Waals surface area (Å²) in [6.07, 6.45) is 1.44. The Bertz CT molecular complexity index is 695. The van der Waals surface area contributed by atoms with Gasteiger partial charge in [0, 0.05) is 20.2 Å². The van der Waals surface area contributed by atoms with Crippen LogP contribution in [0.15, 0.2) is 44.3 Å². The molecule has 6 nitrogen and oxygen atoms in total. The predicted octanol–water partition coefficient (Wildman–Crippen LogP) is 2.88. The molecule has 1 N–H and O–H groups in total. The van der Waals surface area contributed by atoms with Gasteiger partial charge in [-0.3, -0.25) is 4.79 Å². The number of amides is 1. The highest BCUT2D eigenvalue weighted by atomic mass is 79.9. The molecule has 1 aromatic heterocycles. The second kappa shape index (κ2) is 7.13. The lowest BCUT2D eigenvalue weighted by molar-refractivity contribution is 0.0952. The van der Waals surface area contributed by atoms with E-state index in [1.165, 1.54) is 13.3 Å². The summed E-state index contributed by atoms with van der Waals surface area (Å²) in [6.45, 7) is 0. The zero-order valence-corrected chi connectivity index (χ0v) is 14.0. The first-order valence-corrected chi connectivity index (χ1v) is 7.25. The van der Waals surface area contributed by atoms with Crippen molar-refractivity contribution in [1.82, 2.24) is 5.43 Å². The van der Waals surface area contributed by atoms with Crippen molar-refractivity contribution in [2.45, 2.75) is 0 Å². The van der Waals surface area contributed by atoms with Gasteiger partial charge in [0.15, 0.2) is 5.76 Å². The topological polar surface area (TPSA) is 67.1 Å². The lowest BCUT2D eigenvalue weighted by Crippen LogP contribution is -2.18. The average Bonchev–Trinajstić information content (AvgIpc) is 2.88. The summed E-state index contributed by atoms with van der Waals surface area (Å²) < 4.78 is 11.5. The molecule has 0 aliphatic heterocycles. The molecule has 0 aliphatic rings. The fourth-order valence-corrected chi connectivity index (χ4v) is 2.45. The molecule has 0 unspecified atom stereocenters. The molecule has 0 spiro atoms. The van der Waals surface area contributed by atoms with Gasteiger partial charge in [0.1, 0.15) is 5.75 Å². The zero-order chi connectivity index (χ0) is 16.1. The molecule has 0 aliphatic carbocycles. The van der Waals surface area contributed by atoms with Crippen molar-refractivity contribution < 1.29 is 13.9 Å². The summed E-state index contributed by atoms with van der Waals surface area (Å²) in [4.78, 5) is 13.9. The molecule has 22 heavy (non-hydrogen) atoms. The van der Waals surface area contributed by atoms with E-state index in [-0.39, 0.29) is 5.91 Å². The van der Waals surface area contributed by atoms with Gasteiger partial charge in [-0.1, -0.05) is 12.1 Å². The van der Waals surface area contributed by atoms with Crippen LogP contribution in [0.4, 0.5) is 5.88 Å². The second-order valence-corrected chi connectivity index (χ2v) is 5.45. The molecule has 0 saturated heterocycles.